The Morgan fingerprint density at radius 2 is 1.88 bits per heavy atom. The van der Waals surface area contributed by atoms with E-state index in [-0.39, 0.29) is 11.9 Å². The third-order valence-corrected chi connectivity index (χ3v) is 3.96. The van der Waals surface area contributed by atoms with Crippen molar-refractivity contribution in [1.82, 2.24) is 0 Å². The lowest BCUT2D eigenvalue weighted by Crippen LogP contribution is -2.39. The third-order valence-electron chi connectivity index (χ3n) is 3.96. The van der Waals surface area contributed by atoms with Crippen molar-refractivity contribution in [3.8, 4) is 0 Å². The normalized spacial score (nSPS) is 28.8. The van der Waals surface area contributed by atoms with Crippen LogP contribution in [-0.4, -0.2) is 23.8 Å². The van der Waals surface area contributed by atoms with Crippen LogP contribution in [0.3, 0.4) is 0 Å². The molecule has 17 heavy (non-hydrogen) atoms. The van der Waals surface area contributed by atoms with E-state index < -0.39 is 5.60 Å². The van der Waals surface area contributed by atoms with Gasteiger partial charge in [-0.05, 0) is 50.9 Å². The Morgan fingerprint density at radius 3 is 2.29 bits per heavy atom. The second-order valence-corrected chi connectivity index (χ2v) is 6.03. The number of carbonyl (C=O) groups excluding carboxylic acids is 1. The number of hydrogen-bond donors (Lipinski definition) is 1. The number of esters is 1. The lowest BCUT2D eigenvalue weighted by molar-refractivity contribution is -0.148. The summed E-state index contributed by atoms with van der Waals surface area (Å²) in [6, 6.07) is 0. The van der Waals surface area contributed by atoms with Gasteiger partial charge in [-0.1, -0.05) is 13.8 Å². The Bertz CT molecular complexity index is 250. The molecule has 0 aromatic heterocycles. The van der Waals surface area contributed by atoms with Gasteiger partial charge < -0.3 is 9.84 Å². The molecule has 0 amide bonds. The predicted octanol–water partition coefficient (Wildman–Crippen LogP) is 2.76. The van der Waals surface area contributed by atoms with E-state index in [9.17, 15) is 9.90 Å². The zero-order valence-electron chi connectivity index (χ0n) is 11.5. The number of hydrogen-bond acceptors (Lipinski definition) is 3. The van der Waals surface area contributed by atoms with E-state index in [2.05, 4.69) is 13.8 Å². The molecular formula is C14H26O3. The molecule has 0 bridgehead atoms. The molecule has 1 aliphatic carbocycles. The number of methoxy groups -OCH3 is 1. The van der Waals surface area contributed by atoms with Gasteiger partial charge in [0.2, 0.25) is 0 Å². The molecule has 0 spiro atoms. The molecule has 1 saturated carbocycles. The summed E-state index contributed by atoms with van der Waals surface area (Å²) in [4.78, 5) is 11.4. The molecule has 0 aliphatic heterocycles. The molecule has 3 heteroatoms. The Morgan fingerprint density at radius 1 is 1.35 bits per heavy atom. The van der Waals surface area contributed by atoms with Crippen LogP contribution < -0.4 is 0 Å². The first-order valence-electron chi connectivity index (χ1n) is 6.67. The molecule has 0 aromatic rings. The van der Waals surface area contributed by atoms with Crippen LogP contribution in [0.2, 0.25) is 0 Å². The summed E-state index contributed by atoms with van der Waals surface area (Å²) >= 11 is 0. The fraction of sp³-hybridized carbons (Fsp3) is 0.929. The molecule has 1 atom stereocenters. The summed E-state index contributed by atoms with van der Waals surface area (Å²) in [7, 11) is 1.45. The van der Waals surface area contributed by atoms with Gasteiger partial charge in [-0.3, -0.25) is 4.79 Å². The average molecular weight is 242 g/mol. The van der Waals surface area contributed by atoms with Gasteiger partial charge in [0.05, 0.1) is 18.6 Å². The molecule has 1 unspecified atom stereocenters. The first-order chi connectivity index (χ1) is 7.86. The monoisotopic (exact) mass is 242 g/mol. The van der Waals surface area contributed by atoms with Gasteiger partial charge in [0, 0.05) is 0 Å². The number of carbonyl (C=O) groups is 1. The van der Waals surface area contributed by atoms with E-state index in [1.807, 2.05) is 6.92 Å². The highest BCUT2D eigenvalue weighted by molar-refractivity contribution is 5.72. The van der Waals surface area contributed by atoms with Gasteiger partial charge in [-0.15, -0.1) is 0 Å². The van der Waals surface area contributed by atoms with E-state index in [1.54, 1.807) is 0 Å². The lowest BCUT2D eigenvalue weighted by atomic mass is 9.71. The molecule has 0 saturated heterocycles. The van der Waals surface area contributed by atoms with Crippen LogP contribution in [0.15, 0.2) is 0 Å². The Kier molecular flexibility index (Phi) is 4.99. The van der Waals surface area contributed by atoms with Crippen molar-refractivity contribution >= 4 is 5.97 Å². The van der Waals surface area contributed by atoms with Crippen molar-refractivity contribution < 1.29 is 14.6 Å². The zero-order valence-corrected chi connectivity index (χ0v) is 11.5. The molecule has 100 valence electrons. The van der Waals surface area contributed by atoms with Crippen molar-refractivity contribution in [2.45, 2.75) is 58.5 Å². The summed E-state index contributed by atoms with van der Waals surface area (Å²) in [5, 5.41) is 10.5. The molecule has 1 fully saturated rings. The van der Waals surface area contributed by atoms with Gasteiger partial charge in [0.1, 0.15) is 0 Å². The third kappa shape index (κ3) is 3.98. The number of rotatable bonds is 4. The molecular weight excluding hydrogens is 216 g/mol. The molecule has 0 aromatic carbocycles. The van der Waals surface area contributed by atoms with E-state index in [1.165, 1.54) is 7.11 Å². The maximum Gasteiger partial charge on any atom is 0.308 e. The van der Waals surface area contributed by atoms with E-state index in [4.69, 9.17) is 4.74 Å². The minimum absolute atomic E-state index is 0.0473. The zero-order chi connectivity index (χ0) is 13.1. The summed E-state index contributed by atoms with van der Waals surface area (Å²) < 4.78 is 4.77. The Labute approximate surface area is 105 Å². The largest absolute Gasteiger partial charge is 0.469 e. The molecule has 0 heterocycles. The van der Waals surface area contributed by atoms with E-state index in [0.717, 1.165) is 32.1 Å². The van der Waals surface area contributed by atoms with Crippen molar-refractivity contribution in [2.24, 2.45) is 17.8 Å². The van der Waals surface area contributed by atoms with Gasteiger partial charge >= 0.3 is 5.97 Å². The maximum atomic E-state index is 11.4. The molecule has 3 nitrogen and oxygen atoms in total. The van der Waals surface area contributed by atoms with Crippen LogP contribution in [-0.2, 0) is 9.53 Å². The first kappa shape index (κ1) is 14.5. The highest BCUT2D eigenvalue weighted by Gasteiger charge is 2.37. The van der Waals surface area contributed by atoms with Crippen LogP contribution in [0.5, 0.6) is 0 Å². The SMILES string of the molecule is COC(=O)C1CCC(C(C)(O)CC(C)C)CC1. The second-order valence-electron chi connectivity index (χ2n) is 6.03. The van der Waals surface area contributed by atoms with Crippen LogP contribution in [0, 0.1) is 17.8 Å². The van der Waals surface area contributed by atoms with Gasteiger partial charge in [0.15, 0.2) is 0 Å². The number of aliphatic hydroxyl groups is 1. The first-order valence-corrected chi connectivity index (χ1v) is 6.67. The molecule has 0 radical (unpaired) electrons. The number of ether oxygens (including phenoxy) is 1. The molecule has 1 N–H and O–H groups in total. The average Bonchev–Trinajstić information content (AvgIpc) is 2.26. The Balaban J connectivity index is 2.48. The van der Waals surface area contributed by atoms with Gasteiger partial charge in [-0.25, -0.2) is 0 Å². The fourth-order valence-electron chi connectivity index (χ4n) is 3.11. The topological polar surface area (TPSA) is 46.5 Å². The summed E-state index contributed by atoms with van der Waals surface area (Å²) in [6.45, 7) is 6.21. The summed E-state index contributed by atoms with van der Waals surface area (Å²) in [6.07, 6.45) is 4.40. The highest BCUT2D eigenvalue weighted by atomic mass is 16.5. The minimum Gasteiger partial charge on any atom is -0.469 e. The van der Waals surface area contributed by atoms with Gasteiger partial charge in [0.25, 0.3) is 0 Å². The van der Waals surface area contributed by atoms with Gasteiger partial charge in [-0.2, -0.15) is 0 Å². The molecule has 1 rings (SSSR count). The summed E-state index contributed by atoms with van der Waals surface area (Å²) in [5.74, 6) is 0.784. The van der Waals surface area contributed by atoms with Crippen LogP contribution in [0.4, 0.5) is 0 Å². The van der Waals surface area contributed by atoms with Crippen molar-refractivity contribution in [3.63, 3.8) is 0 Å². The summed E-state index contributed by atoms with van der Waals surface area (Å²) in [5.41, 5.74) is -0.588. The maximum absolute atomic E-state index is 11.4. The minimum atomic E-state index is -0.588. The Hall–Kier alpha value is -0.570. The van der Waals surface area contributed by atoms with Crippen molar-refractivity contribution in [1.29, 1.82) is 0 Å². The standard InChI is InChI=1S/C14H26O3/c1-10(2)9-14(3,16)12-7-5-11(6-8-12)13(15)17-4/h10-12,16H,5-9H2,1-4H3. The smallest absolute Gasteiger partial charge is 0.308 e. The highest BCUT2D eigenvalue weighted by Crippen LogP contribution is 2.38. The van der Waals surface area contributed by atoms with Crippen LogP contribution in [0.25, 0.3) is 0 Å². The lowest BCUT2D eigenvalue weighted by Gasteiger charge is -2.38. The van der Waals surface area contributed by atoms with Crippen LogP contribution >= 0.6 is 0 Å². The van der Waals surface area contributed by atoms with E-state index in [0.29, 0.717) is 11.8 Å². The quantitative estimate of drug-likeness (QED) is 0.771. The predicted molar refractivity (Wildman–Crippen MR) is 67.5 cm³/mol. The second kappa shape index (κ2) is 5.85. The van der Waals surface area contributed by atoms with Crippen molar-refractivity contribution in [3.05, 3.63) is 0 Å². The fourth-order valence-corrected chi connectivity index (χ4v) is 3.11. The van der Waals surface area contributed by atoms with Crippen LogP contribution in [0.1, 0.15) is 52.9 Å². The van der Waals surface area contributed by atoms with E-state index >= 15 is 0 Å². The molecule has 1 aliphatic rings. The van der Waals surface area contributed by atoms with Crippen molar-refractivity contribution in [2.75, 3.05) is 7.11 Å².